The van der Waals surface area contributed by atoms with Crippen molar-refractivity contribution < 1.29 is 4.79 Å². The molecule has 0 aliphatic rings. The monoisotopic (exact) mass is 302 g/mol. The highest BCUT2D eigenvalue weighted by atomic mass is 35.5. The largest absolute Gasteiger partial charge is 0.322 e. The predicted octanol–water partition coefficient (Wildman–Crippen LogP) is 4.10. The summed E-state index contributed by atoms with van der Waals surface area (Å²) in [6.45, 7) is 6.50. The fourth-order valence-electron chi connectivity index (χ4n) is 1.83. The smallest absolute Gasteiger partial charge is 0.238 e. The molecule has 0 fully saturated rings. The van der Waals surface area contributed by atoms with E-state index >= 15 is 0 Å². The molecule has 0 aromatic heterocycles. The Hall–Kier alpha value is -0.770. The molecule has 2 N–H and O–H groups in total. The second-order valence-electron chi connectivity index (χ2n) is 5.13. The lowest BCUT2D eigenvalue weighted by Gasteiger charge is -2.25. The summed E-state index contributed by atoms with van der Waals surface area (Å²) in [4.78, 5) is 11.9. The zero-order valence-corrected chi connectivity index (χ0v) is 13.0. The van der Waals surface area contributed by atoms with Gasteiger partial charge >= 0.3 is 0 Å². The first kappa shape index (κ1) is 16.3. The van der Waals surface area contributed by atoms with Crippen LogP contribution in [0.2, 0.25) is 10.0 Å². The van der Waals surface area contributed by atoms with Gasteiger partial charge in [-0.2, -0.15) is 0 Å². The molecule has 0 saturated carbocycles. The number of carbonyl (C=O) groups excluding carboxylic acids is 1. The molecule has 0 heterocycles. The number of para-hydroxylation sites is 1. The lowest BCUT2D eigenvalue weighted by molar-refractivity contribution is -0.115. The van der Waals surface area contributed by atoms with Crippen molar-refractivity contribution in [1.82, 2.24) is 5.32 Å². The number of rotatable bonds is 6. The fraction of sp³-hybridized carbons (Fsp3) is 0.500. The molecule has 1 rings (SSSR count). The Morgan fingerprint density at radius 2 is 1.84 bits per heavy atom. The maximum absolute atomic E-state index is 11.9. The third-order valence-electron chi connectivity index (χ3n) is 2.83. The van der Waals surface area contributed by atoms with Crippen LogP contribution >= 0.6 is 23.2 Å². The number of anilines is 1. The minimum absolute atomic E-state index is 0.0592. The molecule has 1 amide bonds. The maximum atomic E-state index is 11.9. The van der Waals surface area contributed by atoms with Crippen molar-refractivity contribution in [1.29, 1.82) is 0 Å². The van der Waals surface area contributed by atoms with E-state index in [1.165, 1.54) is 0 Å². The standard InChI is InChI=1S/C14H20Cl2N2O/c1-4-8-14(2,3)17-9-12(19)18-13-10(15)6-5-7-11(13)16/h5-7,17H,4,8-9H2,1-3H3,(H,18,19). The molecule has 1 aromatic carbocycles. The Kier molecular flexibility index (Phi) is 6.11. The number of carbonyl (C=O) groups is 1. The van der Waals surface area contributed by atoms with Gasteiger partial charge in [-0.15, -0.1) is 0 Å². The van der Waals surface area contributed by atoms with E-state index in [9.17, 15) is 4.79 Å². The molecule has 0 aliphatic carbocycles. The third kappa shape index (κ3) is 5.39. The van der Waals surface area contributed by atoms with Crippen LogP contribution in [0.5, 0.6) is 0 Å². The minimum atomic E-state index is -0.154. The predicted molar refractivity (Wildman–Crippen MR) is 82.1 cm³/mol. The van der Waals surface area contributed by atoms with E-state index in [2.05, 4.69) is 31.4 Å². The van der Waals surface area contributed by atoms with Crippen LogP contribution in [0.3, 0.4) is 0 Å². The molecular formula is C14H20Cl2N2O. The molecule has 0 unspecified atom stereocenters. The Labute approximate surface area is 124 Å². The van der Waals surface area contributed by atoms with Crippen LogP contribution in [-0.2, 0) is 4.79 Å². The Morgan fingerprint density at radius 3 is 2.37 bits per heavy atom. The number of benzene rings is 1. The molecule has 5 heteroatoms. The number of hydrogen-bond acceptors (Lipinski definition) is 2. The summed E-state index contributed by atoms with van der Waals surface area (Å²) in [7, 11) is 0. The third-order valence-corrected chi connectivity index (χ3v) is 3.46. The van der Waals surface area contributed by atoms with E-state index in [4.69, 9.17) is 23.2 Å². The molecule has 0 spiro atoms. The van der Waals surface area contributed by atoms with Crippen LogP contribution < -0.4 is 10.6 Å². The van der Waals surface area contributed by atoms with Crippen LogP contribution in [-0.4, -0.2) is 18.0 Å². The van der Waals surface area contributed by atoms with Crippen molar-refractivity contribution in [3.05, 3.63) is 28.2 Å². The summed E-state index contributed by atoms with van der Waals surface area (Å²) in [5.74, 6) is -0.154. The summed E-state index contributed by atoms with van der Waals surface area (Å²) in [6.07, 6.45) is 2.07. The van der Waals surface area contributed by atoms with Crippen LogP contribution in [0.4, 0.5) is 5.69 Å². The zero-order valence-electron chi connectivity index (χ0n) is 11.5. The van der Waals surface area contributed by atoms with Crippen LogP contribution in [0.25, 0.3) is 0 Å². The number of amides is 1. The summed E-state index contributed by atoms with van der Waals surface area (Å²) in [5.41, 5.74) is 0.405. The Morgan fingerprint density at radius 1 is 1.26 bits per heavy atom. The van der Waals surface area contributed by atoms with Gasteiger partial charge in [-0.3, -0.25) is 4.79 Å². The molecule has 0 bridgehead atoms. The average Bonchev–Trinajstić information content (AvgIpc) is 2.32. The maximum Gasteiger partial charge on any atom is 0.238 e. The highest BCUT2D eigenvalue weighted by Crippen LogP contribution is 2.29. The molecule has 1 aromatic rings. The summed E-state index contributed by atoms with van der Waals surface area (Å²) in [5, 5.41) is 6.83. The van der Waals surface area contributed by atoms with Gasteiger partial charge in [0.25, 0.3) is 0 Å². The van der Waals surface area contributed by atoms with Crippen LogP contribution in [0.1, 0.15) is 33.6 Å². The molecular weight excluding hydrogens is 283 g/mol. The summed E-state index contributed by atoms with van der Waals surface area (Å²) in [6, 6.07) is 5.12. The number of halogens is 2. The first-order chi connectivity index (χ1) is 8.85. The van der Waals surface area contributed by atoms with Crippen molar-refractivity contribution in [2.45, 2.75) is 39.2 Å². The normalized spacial score (nSPS) is 11.4. The second kappa shape index (κ2) is 7.13. The van der Waals surface area contributed by atoms with E-state index in [1.807, 2.05) is 0 Å². The van der Waals surface area contributed by atoms with Crippen molar-refractivity contribution in [2.75, 3.05) is 11.9 Å². The van der Waals surface area contributed by atoms with Gasteiger partial charge in [-0.25, -0.2) is 0 Å². The van der Waals surface area contributed by atoms with Gasteiger partial charge in [0, 0.05) is 5.54 Å². The van der Waals surface area contributed by atoms with Crippen molar-refractivity contribution in [3.8, 4) is 0 Å². The SMILES string of the molecule is CCCC(C)(C)NCC(=O)Nc1c(Cl)cccc1Cl. The molecule has 0 atom stereocenters. The quantitative estimate of drug-likeness (QED) is 0.830. The van der Waals surface area contributed by atoms with E-state index in [0.717, 1.165) is 12.8 Å². The lowest BCUT2D eigenvalue weighted by Crippen LogP contribution is -2.43. The highest BCUT2D eigenvalue weighted by molar-refractivity contribution is 6.39. The summed E-state index contributed by atoms with van der Waals surface area (Å²) >= 11 is 12.0. The second-order valence-corrected chi connectivity index (χ2v) is 5.95. The van der Waals surface area contributed by atoms with E-state index in [-0.39, 0.29) is 18.0 Å². The van der Waals surface area contributed by atoms with Gasteiger partial charge in [0.15, 0.2) is 0 Å². The summed E-state index contributed by atoms with van der Waals surface area (Å²) < 4.78 is 0. The van der Waals surface area contributed by atoms with Crippen molar-refractivity contribution in [3.63, 3.8) is 0 Å². The van der Waals surface area contributed by atoms with Gasteiger partial charge < -0.3 is 10.6 Å². The molecule has 0 saturated heterocycles. The number of hydrogen-bond donors (Lipinski definition) is 2. The van der Waals surface area contributed by atoms with E-state index in [0.29, 0.717) is 15.7 Å². The molecule has 0 aliphatic heterocycles. The van der Waals surface area contributed by atoms with E-state index in [1.54, 1.807) is 18.2 Å². The minimum Gasteiger partial charge on any atom is -0.322 e. The van der Waals surface area contributed by atoms with Gasteiger partial charge in [-0.05, 0) is 32.4 Å². The first-order valence-electron chi connectivity index (χ1n) is 6.34. The first-order valence-corrected chi connectivity index (χ1v) is 7.10. The average molecular weight is 303 g/mol. The molecule has 19 heavy (non-hydrogen) atoms. The fourth-order valence-corrected chi connectivity index (χ4v) is 2.33. The molecule has 0 radical (unpaired) electrons. The topological polar surface area (TPSA) is 41.1 Å². The zero-order chi connectivity index (χ0) is 14.5. The van der Waals surface area contributed by atoms with Crippen LogP contribution in [0, 0.1) is 0 Å². The lowest BCUT2D eigenvalue weighted by atomic mass is 9.99. The van der Waals surface area contributed by atoms with Gasteiger partial charge in [-0.1, -0.05) is 42.6 Å². The van der Waals surface area contributed by atoms with Crippen LogP contribution in [0.15, 0.2) is 18.2 Å². The Bertz CT molecular complexity index is 427. The van der Waals surface area contributed by atoms with Gasteiger partial charge in [0.1, 0.15) is 0 Å². The van der Waals surface area contributed by atoms with Crippen molar-refractivity contribution in [2.24, 2.45) is 0 Å². The van der Waals surface area contributed by atoms with Gasteiger partial charge in [0.2, 0.25) is 5.91 Å². The van der Waals surface area contributed by atoms with E-state index < -0.39 is 0 Å². The highest BCUT2D eigenvalue weighted by Gasteiger charge is 2.17. The van der Waals surface area contributed by atoms with Crippen molar-refractivity contribution >= 4 is 34.8 Å². The molecule has 3 nitrogen and oxygen atoms in total. The Balaban J connectivity index is 2.57. The number of nitrogens with one attached hydrogen (secondary N) is 2. The van der Waals surface area contributed by atoms with Gasteiger partial charge in [0.05, 0.1) is 22.3 Å². The molecule has 106 valence electrons.